The van der Waals surface area contributed by atoms with E-state index in [-0.39, 0.29) is 11.7 Å². The first kappa shape index (κ1) is 20.9. The van der Waals surface area contributed by atoms with Crippen molar-refractivity contribution in [1.82, 2.24) is 14.8 Å². The minimum absolute atomic E-state index is 0.0738. The predicted molar refractivity (Wildman–Crippen MR) is 125 cm³/mol. The molecule has 4 rings (SSSR count). The summed E-state index contributed by atoms with van der Waals surface area (Å²) in [6.07, 6.45) is 0. The minimum atomic E-state index is -0.0738. The first-order chi connectivity index (χ1) is 15.0. The highest BCUT2D eigenvalue weighted by molar-refractivity contribution is 7.99. The molecule has 0 aliphatic heterocycles. The highest BCUT2D eigenvalue weighted by atomic mass is 32.2. The lowest BCUT2D eigenvalue weighted by Crippen LogP contribution is -2.15. The SMILES string of the molecule is Cc1cccc(NC(=O)CSc2nnc(COc3cccc4ccccc34)n2C)c1C. The molecular weight excluding hydrogens is 408 g/mol. The number of hydrogen-bond donors (Lipinski definition) is 1. The summed E-state index contributed by atoms with van der Waals surface area (Å²) in [5.74, 6) is 1.69. The van der Waals surface area contributed by atoms with E-state index in [1.54, 1.807) is 0 Å². The molecule has 0 atom stereocenters. The van der Waals surface area contributed by atoms with E-state index in [0.717, 1.165) is 33.3 Å². The average molecular weight is 433 g/mol. The first-order valence-corrected chi connectivity index (χ1v) is 11.0. The number of hydrogen-bond acceptors (Lipinski definition) is 5. The summed E-state index contributed by atoms with van der Waals surface area (Å²) in [5.41, 5.74) is 3.06. The third kappa shape index (κ3) is 4.72. The topological polar surface area (TPSA) is 69.0 Å². The number of fused-ring (bicyclic) bond motifs is 1. The van der Waals surface area contributed by atoms with Gasteiger partial charge in [0.2, 0.25) is 5.91 Å². The largest absolute Gasteiger partial charge is 0.485 e. The van der Waals surface area contributed by atoms with E-state index in [4.69, 9.17) is 4.74 Å². The van der Waals surface area contributed by atoms with Crippen LogP contribution in [0.1, 0.15) is 17.0 Å². The van der Waals surface area contributed by atoms with Gasteiger partial charge in [-0.3, -0.25) is 4.79 Å². The van der Waals surface area contributed by atoms with Crippen LogP contribution < -0.4 is 10.1 Å². The molecule has 1 aromatic heterocycles. The van der Waals surface area contributed by atoms with Crippen molar-refractivity contribution in [3.8, 4) is 5.75 Å². The zero-order chi connectivity index (χ0) is 21.8. The Kier molecular flexibility index (Phi) is 6.23. The van der Waals surface area contributed by atoms with Crippen LogP contribution in [0.3, 0.4) is 0 Å². The molecule has 0 fully saturated rings. The lowest BCUT2D eigenvalue weighted by molar-refractivity contribution is -0.113. The zero-order valence-corrected chi connectivity index (χ0v) is 18.6. The molecule has 0 radical (unpaired) electrons. The third-order valence-electron chi connectivity index (χ3n) is 5.24. The fraction of sp³-hybridized carbons (Fsp3) is 0.208. The summed E-state index contributed by atoms with van der Waals surface area (Å²) >= 11 is 1.35. The van der Waals surface area contributed by atoms with Crippen LogP contribution in [0.5, 0.6) is 5.75 Å². The van der Waals surface area contributed by atoms with Crippen LogP contribution >= 0.6 is 11.8 Å². The Morgan fingerprint density at radius 3 is 2.68 bits per heavy atom. The van der Waals surface area contributed by atoms with Crippen LogP contribution in [0.25, 0.3) is 10.8 Å². The molecule has 0 saturated heterocycles. The molecule has 6 nitrogen and oxygen atoms in total. The summed E-state index contributed by atoms with van der Waals surface area (Å²) in [6, 6.07) is 20.0. The molecule has 0 spiro atoms. The van der Waals surface area contributed by atoms with Gasteiger partial charge >= 0.3 is 0 Å². The van der Waals surface area contributed by atoms with E-state index >= 15 is 0 Å². The van der Waals surface area contributed by atoms with Gasteiger partial charge in [-0.15, -0.1) is 10.2 Å². The highest BCUT2D eigenvalue weighted by Gasteiger charge is 2.13. The Morgan fingerprint density at radius 1 is 1.03 bits per heavy atom. The smallest absolute Gasteiger partial charge is 0.234 e. The molecule has 1 heterocycles. The van der Waals surface area contributed by atoms with E-state index in [1.165, 1.54) is 11.8 Å². The van der Waals surface area contributed by atoms with E-state index in [1.807, 2.05) is 74.0 Å². The van der Waals surface area contributed by atoms with Crippen LogP contribution in [-0.2, 0) is 18.4 Å². The Hall–Kier alpha value is -3.32. The molecule has 3 aromatic carbocycles. The summed E-state index contributed by atoms with van der Waals surface area (Å²) in [6.45, 7) is 4.33. The molecular formula is C24H24N4O2S. The maximum atomic E-state index is 12.4. The van der Waals surface area contributed by atoms with Crippen molar-refractivity contribution in [2.45, 2.75) is 25.6 Å². The quantitative estimate of drug-likeness (QED) is 0.421. The van der Waals surface area contributed by atoms with Crippen LogP contribution in [0.2, 0.25) is 0 Å². The van der Waals surface area contributed by atoms with E-state index in [9.17, 15) is 4.79 Å². The fourth-order valence-corrected chi connectivity index (χ4v) is 3.99. The molecule has 31 heavy (non-hydrogen) atoms. The van der Waals surface area contributed by atoms with E-state index in [0.29, 0.717) is 17.6 Å². The number of rotatable bonds is 7. The number of thioether (sulfide) groups is 1. The molecule has 1 N–H and O–H groups in total. The zero-order valence-electron chi connectivity index (χ0n) is 17.8. The average Bonchev–Trinajstić information content (AvgIpc) is 3.13. The van der Waals surface area contributed by atoms with Crippen molar-refractivity contribution in [2.24, 2.45) is 7.05 Å². The van der Waals surface area contributed by atoms with Gasteiger partial charge in [-0.1, -0.05) is 60.3 Å². The Labute approximate surface area is 185 Å². The van der Waals surface area contributed by atoms with Gasteiger partial charge in [0.1, 0.15) is 12.4 Å². The predicted octanol–water partition coefficient (Wildman–Crippen LogP) is 4.89. The van der Waals surface area contributed by atoms with Crippen molar-refractivity contribution < 1.29 is 9.53 Å². The monoisotopic (exact) mass is 432 g/mol. The third-order valence-corrected chi connectivity index (χ3v) is 6.26. The number of aromatic nitrogens is 3. The molecule has 0 bridgehead atoms. The molecule has 0 saturated carbocycles. The Balaban J connectivity index is 1.37. The number of carbonyl (C=O) groups excluding carboxylic acids is 1. The molecule has 1 amide bonds. The maximum absolute atomic E-state index is 12.4. The molecule has 158 valence electrons. The number of carbonyl (C=O) groups is 1. The van der Waals surface area contributed by atoms with Crippen molar-refractivity contribution in [1.29, 1.82) is 0 Å². The normalized spacial score (nSPS) is 10.9. The Bertz CT molecular complexity index is 1230. The van der Waals surface area contributed by atoms with Crippen molar-refractivity contribution >= 4 is 34.1 Å². The number of anilines is 1. The van der Waals surface area contributed by atoms with Crippen molar-refractivity contribution in [2.75, 3.05) is 11.1 Å². The second-order valence-corrected chi connectivity index (χ2v) is 8.25. The molecule has 0 aliphatic rings. The maximum Gasteiger partial charge on any atom is 0.234 e. The fourth-order valence-electron chi connectivity index (χ4n) is 3.26. The summed E-state index contributed by atoms with van der Waals surface area (Å²) in [7, 11) is 1.88. The second kappa shape index (κ2) is 9.22. The molecule has 7 heteroatoms. The van der Waals surface area contributed by atoms with Gasteiger partial charge in [0.25, 0.3) is 0 Å². The van der Waals surface area contributed by atoms with Gasteiger partial charge in [0, 0.05) is 18.1 Å². The van der Waals surface area contributed by atoms with Gasteiger partial charge in [-0.05, 0) is 42.5 Å². The van der Waals surface area contributed by atoms with E-state index in [2.05, 4.69) is 27.6 Å². The lowest BCUT2D eigenvalue weighted by Gasteiger charge is -2.10. The molecule has 0 aliphatic carbocycles. The summed E-state index contributed by atoms with van der Waals surface area (Å²) < 4.78 is 7.88. The van der Waals surface area contributed by atoms with Gasteiger partial charge in [-0.25, -0.2) is 0 Å². The first-order valence-electron chi connectivity index (χ1n) is 10.0. The van der Waals surface area contributed by atoms with Crippen LogP contribution in [0, 0.1) is 13.8 Å². The number of aryl methyl sites for hydroxylation is 1. The number of amides is 1. The van der Waals surface area contributed by atoms with Crippen molar-refractivity contribution in [3.63, 3.8) is 0 Å². The summed E-state index contributed by atoms with van der Waals surface area (Å²) in [5, 5.41) is 14.3. The van der Waals surface area contributed by atoms with Crippen LogP contribution in [0.4, 0.5) is 5.69 Å². The lowest BCUT2D eigenvalue weighted by atomic mass is 10.1. The van der Waals surface area contributed by atoms with Gasteiger partial charge < -0.3 is 14.6 Å². The standard InChI is InChI=1S/C24H24N4O2S/c1-16-8-6-12-20(17(16)2)25-23(29)15-31-24-27-26-22(28(24)3)14-30-21-13-7-10-18-9-4-5-11-19(18)21/h4-13H,14-15H2,1-3H3,(H,25,29). The van der Waals surface area contributed by atoms with Crippen LogP contribution in [0.15, 0.2) is 65.8 Å². The number of benzene rings is 3. The molecule has 0 unspecified atom stereocenters. The number of nitrogens with one attached hydrogen (secondary N) is 1. The molecule has 4 aromatic rings. The Morgan fingerprint density at radius 2 is 1.81 bits per heavy atom. The second-order valence-electron chi connectivity index (χ2n) is 7.31. The van der Waals surface area contributed by atoms with Crippen LogP contribution in [-0.4, -0.2) is 26.4 Å². The number of ether oxygens (including phenoxy) is 1. The van der Waals surface area contributed by atoms with Gasteiger partial charge in [0.15, 0.2) is 11.0 Å². The highest BCUT2D eigenvalue weighted by Crippen LogP contribution is 2.26. The summed E-state index contributed by atoms with van der Waals surface area (Å²) in [4.78, 5) is 12.4. The van der Waals surface area contributed by atoms with Gasteiger partial charge in [0.05, 0.1) is 5.75 Å². The van der Waals surface area contributed by atoms with E-state index < -0.39 is 0 Å². The minimum Gasteiger partial charge on any atom is -0.485 e. The van der Waals surface area contributed by atoms with Gasteiger partial charge in [-0.2, -0.15) is 0 Å². The number of nitrogens with zero attached hydrogens (tertiary/aromatic N) is 3. The van der Waals surface area contributed by atoms with Crippen molar-refractivity contribution in [3.05, 3.63) is 77.6 Å².